The van der Waals surface area contributed by atoms with Crippen molar-refractivity contribution in [3.63, 3.8) is 0 Å². The predicted molar refractivity (Wildman–Crippen MR) is 177 cm³/mol. The standard InChI is InChI=1S/C32H29N9O2S/c1-41(2)15-4-7-27(42)35-22-10-8-20(9-11-22)31(43)37-23-5-3-6-24(18-23)38-32-39-26-13-16-44-28(26)30(40-32)36-25-17-21-12-14-33-29(21)34-19-25/h3-14,16-19H,15H2,1-2H3,(H,33,34)(H,35,42)(H,37,43)(H2,36,38,39,40)/b7-4+. The van der Waals surface area contributed by atoms with Gasteiger partial charge in [0.15, 0.2) is 5.82 Å². The second-order valence-electron chi connectivity index (χ2n) is 10.2. The van der Waals surface area contributed by atoms with Crippen LogP contribution in [0.15, 0.2) is 96.7 Å². The summed E-state index contributed by atoms with van der Waals surface area (Å²) in [6.07, 6.45) is 6.89. The minimum absolute atomic E-state index is 0.228. The Morgan fingerprint density at radius 3 is 2.59 bits per heavy atom. The number of aromatic nitrogens is 4. The number of thiophene rings is 1. The van der Waals surface area contributed by atoms with Crippen LogP contribution in [0.4, 0.5) is 34.5 Å². The Labute approximate surface area is 257 Å². The molecule has 4 aromatic heterocycles. The van der Waals surface area contributed by atoms with Crippen LogP contribution in [0.1, 0.15) is 10.4 Å². The lowest BCUT2D eigenvalue weighted by Gasteiger charge is -2.11. The molecule has 220 valence electrons. The van der Waals surface area contributed by atoms with Crippen molar-refractivity contribution in [2.75, 3.05) is 41.9 Å². The number of fused-ring (bicyclic) bond motifs is 2. The molecule has 0 aliphatic rings. The minimum Gasteiger partial charge on any atom is -0.346 e. The molecule has 6 aromatic rings. The Hall–Kier alpha value is -5.59. The van der Waals surface area contributed by atoms with Crippen molar-refractivity contribution in [2.45, 2.75) is 0 Å². The first-order chi connectivity index (χ1) is 21.4. The summed E-state index contributed by atoms with van der Waals surface area (Å²) in [5.41, 5.74) is 4.80. The van der Waals surface area contributed by atoms with Gasteiger partial charge in [0.05, 0.1) is 22.1 Å². The van der Waals surface area contributed by atoms with E-state index in [-0.39, 0.29) is 11.8 Å². The van der Waals surface area contributed by atoms with E-state index in [0.29, 0.717) is 40.9 Å². The molecule has 0 fully saturated rings. The zero-order chi connectivity index (χ0) is 30.5. The lowest BCUT2D eigenvalue weighted by molar-refractivity contribution is -0.111. The number of likely N-dealkylation sites (N-methyl/N-ethyl adjacent to an activating group) is 1. The quantitative estimate of drug-likeness (QED) is 0.114. The molecule has 11 nitrogen and oxygen atoms in total. The molecule has 0 aliphatic heterocycles. The highest BCUT2D eigenvalue weighted by Crippen LogP contribution is 2.31. The van der Waals surface area contributed by atoms with Crippen molar-refractivity contribution in [3.8, 4) is 0 Å². The molecule has 0 saturated heterocycles. The third-order valence-corrected chi connectivity index (χ3v) is 7.41. The van der Waals surface area contributed by atoms with Gasteiger partial charge in [0.25, 0.3) is 5.91 Å². The van der Waals surface area contributed by atoms with Crippen LogP contribution in [0.25, 0.3) is 21.3 Å². The summed E-state index contributed by atoms with van der Waals surface area (Å²) in [6.45, 7) is 0.669. The first-order valence-corrected chi connectivity index (χ1v) is 14.6. The predicted octanol–water partition coefficient (Wildman–Crippen LogP) is 6.36. The van der Waals surface area contributed by atoms with Gasteiger partial charge in [0, 0.05) is 46.8 Å². The number of pyridine rings is 1. The number of H-pyrrole nitrogens is 1. The van der Waals surface area contributed by atoms with Crippen LogP contribution in [0.2, 0.25) is 0 Å². The van der Waals surface area contributed by atoms with E-state index in [0.717, 1.165) is 26.9 Å². The average molecular weight is 604 g/mol. The Bertz CT molecular complexity index is 1980. The van der Waals surface area contributed by atoms with Crippen molar-refractivity contribution in [1.82, 2.24) is 24.8 Å². The lowest BCUT2D eigenvalue weighted by Crippen LogP contribution is -2.13. The van der Waals surface area contributed by atoms with Crippen LogP contribution in [0.5, 0.6) is 0 Å². The number of nitrogens with one attached hydrogen (secondary N) is 5. The second kappa shape index (κ2) is 12.7. The molecule has 4 heterocycles. The largest absolute Gasteiger partial charge is 0.346 e. The van der Waals surface area contributed by atoms with Gasteiger partial charge < -0.3 is 31.2 Å². The number of amides is 2. The van der Waals surface area contributed by atoms with Crippen molar-refractivity contribution in [2.24, 2.45) is 0 Å². The molecule has 0 saturated carbocycles. The molecule has 44 heavy (non-hydrogen) atoms. The van der Waals surface area contributed by atoms with Crippen molar-refractivity contribution < 1.29 is 9.59 Å². The van der Waals surface area contributed by atoms with E-state index in [1.807, 2.05) is 67.0 Å². The van der Waals surface area contributed by atoms with Gasteiger partial charge in [-0.15, -0.1) is 11.3 Å². The summed E-state index contributed by atoms with van der Waals surface area (Å²) >= 11 is 1.55. The van der Waals surface area contributed by atoms with Gasteiger partial charge >= 0.3 is 0 Å². The topological polar surface area (TPSA) is 140 Å². The van der Waals surface area contributed by atoms with Crippen LogP contribution in [0.3, 0.4) is 0 Å². The van der Waals surface area contributed by atoms with E-state index >= 15 is 0 Å². The fraction of sp³-hybridized carbons (Fsp3) is 0.0938. The number of nitrogens with zero attached hydrogens (tertiary/aromatic N) is 4. The molecule has 2 amide bonds. The molecular formula is C32H29N9O2S. The van der Waals surface area contributed by atoms with E-state index in [1.165, 1.54) is 6.08 Å². The van der Waals surface area contributed by atoms with Gasteiger partial charge in [-0.3, -0.25) is 9.59 Å². The Morgan fingerprint density at radius 2 is 1.75 bits per heavy atom. The molecule has 12 heteroatoms. The van der Waals surface area contributed by atoms with Crippen LogP contribution in [-0.2, 0) is 4.79 Å². The maximum atomic E-state index is 12.9. The van der Waals surface area contributed by atoms with Crippen LogP contribution in [0, 0.1) is 0 Å². The summed E-state index contributed by atoms with van der Waals surface area (Å²) in [6, 6.07) is 20.0. The van der Waals surface area contributed by atoms with Gasteiger partial charge in [-0.2, -0.15) is 4.98 Å². The van der Waals surface area contributed by atoms with Crippen molar-refractivity contribution in [1.29, 1.82) is 0 Å². The molecule has 0 atom stereocenters. The van der Waals surface area contributed by atoms with Crippen LogP contribution < -0.4 is 21.3 Å². The third-order valence-electron chi connectivity index (χ3n) is 6.50. The lowest BCUT2D eigenvalue weighted by atomic mass is 10.2. The number of rotatable bonds is 10. The zero-order valence-electron chi connectivity index (χ0n) is 24.0. The maximum Gasteiger partial charge on any atom is 0.255 e. The first kappa shape index (κ1) is 28.5. The van der Waals surface area contributed by atoms with Gasteiger partial charge in [-0.1, -0.05) is 12.1 Å². The van der Waals surface area contributed by atoms with Gasteiger partial charge in [-0.25, -0.2) is 9.97 Å². The highest BCUT2D eigenvalue weighted by molar-refractivity contribution is 7.17. The Balaban J connectivity index is 1.12. The highest BCUT2D eigenvalue weighted by atomic mass is 32.1. The van der Waals surface area contributed by atoms with E-state index in [9.17, 15) is 9.59 Å². The molecule has 6 rings (SSSR count). The summed E-state index contributed by atoms with van der Waals surface area (Å²) in [5.74, 6) is 0.569. The third kappa shape index (κ3) is 6.89. The van der Waals surface area contributed by atoms with Crippen LogP contribution >= 0.6 is 11.3 Å². The Kier molecular flexibility index (Phi) is 8.25. The highest BCUT2D eigenvalue weighted by Gasteiger charge is 2.12. The zero-order valence-corrected chi connectivity index (χ0v) is 24.8. The molecule has 0 aliphatic carbocycles. The van der Waals surface area contributed by atoms with Crippen molar-refractivity contribution in [3.05, 3.63) is 102 Å². The number of carbonyl (C=O) groups excluding carboxylic acids is 2. The van der Waals surface area contributed by atoms with Crippen molar-refractivity contribution >= 4 is 78.9 Å². The number of hydrogen-bond donors (Lipinski definition) is 5. The second-order valence-corrected chi connectivity index (χ2v) is 11.1. The molecule has 5 N–H and O–H groups in total. The summed E-state index contributed by atoms with van der Waals surface area (Å²) in [4.78, 5) is 44.0. The fourth-order valence-corrected chi connectivity index (χ4v) is 5.19. The van der Waals surface area contributed by atoms with E-state index in [4.69, 9.17) is 4.98 Å². The van der Waals surface area contributed by atoms with Gasteiger partial charge in [0.2, 0.25) is 11.9 Å². The number of anilines is 6. The summed E-state index contributed by atoms with van der Waals surface area (Å²) in [7, 11) is 3.86. The van der Waals surface area contributed by atoms with E-state index in [2.05, 4.69) is 36.2 Å². The minimum atomic E-state index is -0.277. The monoisotopic (exact) mass is 603 g/mol. The smallest absolute Gasteiger partial charge is 0.255 e. The molecule has 0 unspecified atom stereocenters. The van der Waals surface area contributed by atoms with E-state index < -0.39 is 0 Å². The molecule has 2 aromatic carbocycles. The number of aromatic amines is 1. The SMILES string of the molecule is CN(C)C/C=C/C(=O)Nc1ccc(C(=O)Nc2cccc(Nc3nc(Nc4cnc5[nH]ccc5c4)c4sccc4n3)c2)cc1. The normalized spacial score (nSPS) is 11.3. The number of carbonyl (C=O) groups is 2. The Morgan fingerprint density at radius 1 is 0.909 bits per heavy atom. The maximum absolute atomic E-state index is 12.9. The molecule has 0 spiro atoms. The first-order valence-electron chi connectivity index (χ1n) is 13.8. The van der Waals surface area contributed by atoms with Gasteiger partial charge in [-0.05, 0) is 80.1 Å². The number of benzene rings is 2. The van der Waals surface area contributed by atoms with E-state index in [1.54, 1.807) is 53.9 Å². The fourth-order valence-electron chi connectivity index (χ4n) is 4.42. The molecular weight excluding hydrogens is 574 g/mol. The molecule has 0 bridgehead atoms. The average Bonchev–Trinajstić information content (AvgIpc) is 3.67. The van der Waals surface area contributed by atoms with Gasteiger partial charge in [0.1, 0.15) is 5.65 Å². The van der Waals surface area contributed by atoms with Crippen LogP contribution in [-0.4, -0.2) is 57.3 Å². The molecule has 0 radical (unpaired) electrons. The summed E-state index contributed by atoms with van der Waals surface area (Å²) in [5, 5.41) is 15.3. The number of hydrogen-bond acceptors (Lipinski definition) is 9. The summed E-state index contributed by atoms with van der Waals surface area (Å²) < 4.78 is 0.928.